The van der Waals surface area contributed by atoms with Crippen LogP contribution in [0.25, 0.3) is 0 Å². The minimum atomic E-state index is 0.132. The van der Waals surface area contributed by atoms with E-state index in [2.05, 4.69) is 32.1 Å². The van der Waals surface area contributed by atoms with Gasteiger partial charge >= 0.3 is 0 Å². The number of hydrogen-bond acceptors (Lipinski definition) is 4. The minimum Gasteiger partial charge on any atom is -0.331 e. The Kier molecular flexibility index (Phi) is 3.96. The van der Waals surface area contributed by atoms with E-state index in [1.54, 1.807) is 22.2 Å². The highest BCUT2D eigenvalue weighted by Gasteiger charge is 2.57. The number of hydrogen-bond donors (Lipinski definition) is 1. The van der Waals surface area contributed by atoms with Gasteiger partial charge in [0, 0.05) is 25.3 Å². The van der Waals surface area contributed by atoms with Crippen LogP contribution in [0, 0.1) is 12.3 Å². The number of aromatic nitrogens is 2. The molecule has 0 aromatic carbocycles. The Morgan fingerprint density at radius 1 is 1.50 bits per heavy atom. The lowest BCUT2D eigenvalue weighted by Crippen LogP contribution is -2.39. The second-order valence-corrected chi connectivity index (χ2v) is 7.94. The highest BCUT2D eigenvalue weighted by atomic mass is 32.1. The Morgan fingerprint density at radius 3 is 2.92 bits per heavy atom. The summed E-state index contributed by atoms with van der Waals surface area (Å²) in [6.45, 7) is 4.82. The van der Waals surface area contributed by atoms with E-state index >= 15 is 0 Å². The lowest BCUT2D eigenvalue weighted by molar-refractivity contribution is 0.0691. The summed E-state index contributed by atoms with van der Waals surface area (Å²) in [7, 11) is 1.89. The van der Waals surface area contributed by atoms with Gasteiger partial charge in [-0.3, -0.25) is 9.48 Å². The molecule has 128 valence electrons. The van der Waals surface area contributed by atoms with Gasteiger partial charge in [-0.2, -0.15) is 16.4 Å². The summed E-state index contributed by atoms with van der Waals surface area (Å²) in [5.41, 5.74) is 3.25. The number of nitrogens with one attached hydrogen (secondary N) is 1. The third-order valence-corrected chi connectivity index (χ3v) is 6.51. The average Bonchev–Trinajstić information content (AvgIpc) is 2.92. The molecule has 1 saturated heterocycles. The fourth-order valence-electron chi connectivity index (χ4n) is 4.00. The van der Waals surface area contributed by atoms with Gasteiger partial charge in [-0.05, 0) is 67.1 Å². The summed E-state index contributed by atoms with van der Waals surface area (Å²) in [6.07, 6.45) is 5.22. The average molecular weight is 344 g/mol. The SMILES string of the molecule is Cc1c(C(=O)N(Cc2ccsc2)C2CC23CCNCC3)cnn1C. The zero-order chi connectivity index (χ0) is 16.7. The number of carbonyl (C=O) groups is 1. The van der Waals surface area contributed by atoms with Crippen LogP contribution in [0.1, 0.15) is 40.9 Å². The van der Waals surface area contributed by atoms with Crippen LogP contribution in [0.15, 0.2) is 23.0 Å². The van der Waals surface area contributed by atoms with Gasteiger partial charge < -0.3 is 10.2 Å². The fourth-order valence-corrected chi connectivity index (χ4v) is 4.65. The van der Waals surface area contributed by atoms with Gasteiger partial charge in [0.1, 0.15) is 0 Å². The van der Waals surface area contributed by atoms with E-state index in [1.807, 2.05) is 14.0 Å². The monoisotopic (exact) mass is 344 g/mol. The Balaban J connectivity index is 1.61. The molecule has 2 aromatic rings. The van der Waals surface area contributed by atoms with Gasteiger partial charge in [0.2, 0.25) is 0 Å². The Labute approximate surface area is 146 Å². The molecule has 1 N–H and O–H groups in total. The van der Waals surface area contributed by atoms with Gasteiger partial charge in [-0.1, -0.05) is 0 Å². The predicted octanol–water partition coefficient (Wildman–Crippen LogP) is 2.57. The highest BCUT2D eigenvalue weighted by molar-refractivity contribution is 7.07. The number of rotatable bonds is 4. The van der Waals surface area contributed by atoms with Crippen molar-refractivity contribution in [3.8, 4) is 0 Å². The van der Waals surface area contributed by atoms with Crippen LogP contribution in [-0.2, 0) is 13.6 Å². The number of thiophene rings is 1. The lowest BCUT2D eigenvalue weighted by Gasteiger charge is -2.29. The summed E-state index contributed by atoms with van der Waals surface area (Å²) in [5, 5.41) is 11.9. The van der Waals surface area contributed by atoms with Crippen molar-refractivity contribution in [3.63, 3.8) is 0 Å². The molecule has 4 rings (SSSR count). The third kappa shape index (κ3) is 2.67. The van der Waals surface area contributed by atoms with Crippen LogP contribution < -0.4 is 5.32 Å². The van der Waals surface area contributed by atoms with E-state index in [0.29, 0.717) is 18.0 Å². The first-order valence-corrected chi connectivity index (χ1v) is 9.56. The topological polar surface area (TPSA) is 50.2 Å². The number of piperidine rings is 1. The maximum absolute atomic E-state index is 13.3. The van der Waals surface area contributed by atoms with E-state index in [-0.39, 0.29) is 5.91 Å². The molecule has 1 unspecified atom stereocenters. The Hall–Kier alpha value is -1.66. The standard InChI is InChI=1S/C18H24N4OS/c1-13-15(10-20-21(13)2)17(23)22(11-14-3-8-24-12-14)16-9-18(16)4-6-19-7-5-18/h3,8,10,12,16,19H,4-7,9,11H2,1-2H3. The summed E-state index contributed by atoms with van der Waals surface area (Å²) in [4.78, 5) is 15.4. The third-order valence-electron chi connectivity index (χ3n) is 5.78. The van der Waals surface area contributed by atoms with Crippen molar-refractivity contribution < 1.29 is 4.79 Å². The number of aryl methyl sites for hydroxylation is 1. The van der Waals surface area contributed by atoms with E-state index in [9.17, 15) is 4.79 Å². The first-order valence-electron chi connectivity index (χ1n) is 8.62. The molecule has 1 spiro atoms. The molecular formula is C18H24N4OS. The van der Waals surface area contributed by atoms with E-state index in [0.717, 1.165) is 30.8 Å². The summed E-state index contributed by atoms with van der Waals surface area (Å²) < 4.78 is 1.78. The van der Waals surface area contributed by atoms with Crippen LogP contribution >= 0.6 is 11.3 Å². The maximum Gasteiger partial charge on any atom is 0.257 e. The van der Waals surface area contributed by atoms with Crippen molar-refractivity contribution in [2.24, 2.45) is 12.5 Å². The zero-order valence-electron chi connectivity index (χ0n) is 14.3. The molecule has 1 aliphatic heterocycles. The van der Waals surface area contributed by atoms with E-state index in [1.165, 1.54) is 18.4 Å². The molecule has 1 amide bonds. The van der Waals surface area contributed by atoms with Crippen molar-refractivity contribution in [2.75, 3.05) is 13.1 Å². The quantitative estimate of drug-likeness (QED) is 0.927. The predicted molar refractivity (Wildman–Crippen MR) is 95.1 cm³/mol. The number of amides is 1. The minimum absolute atomic E-state index is 0.132. The molecule has 2 aliphatic rings. The molecule has 1 aliphatic carbocycles. The van der Waals surface area contributed by atoms with Gasteiger partial charge in [-0.15, -0.1) is 0 Å². The van der Waals surface area contributed by atoms with Crippen LogP contribution in [0.5, 0.6) is 0 Å². The second kappa shape index (κ2) is 6.01. The Bertz CT molecular complexity index is 730. The van der Waals surface area contributed by atoms with Gasteiger partial charge in [0.15, 0.2) is 0 Å². The van der Waals surface area contributed by atoms with E-state index < -0.39 is 0 Å². The van der Waals surface area contributed by atoms with Crippen molar-refractivity contribution >= 4 is 17.2 Å². The molecule has 0 bridgehead atoms. The molecule has 6 heteroatoms. The van der Waals surface area contributed by atoms with Crippen molar-refractivity contribution in [1.82, 2.24) is 20.0 Å². The molecule has 24 heavy (non-hydrogen) atoms. The van der Waals surface area contributed by atoms with Crippen molar-refractivity contribution in [2.45, 2.75) is 38.8 Å². The summed E-state index contributed by atoms with van der Waals surface area (Å²) >= 11 is 1.69. The maximum atomic E-state index is 13.3. The molecular weight excluding hydrogens is 320 g/mol. The smallest absolute Gasteiger partial charge is 0.257 e. The molecule has 2 fully saturated rings. The van der Waals surface area contributed by atoms with Gasteiger partial charge in [0.25, 0.3) is 5.91 Å². The zero-order valence-corrected chi connectivity index (χ0v) is 15.1. The molecule has 3 heterocycles. The van der Waals surface area contributed by atoms with Crippen LogP contribution in [-0.4, -0.2) is 39.7 Å². The molecule has 0 radical (unpaired) electrons. The van der Waals surface area contributed by atoms with Gasteiger partial charge in [-0.25, -0.2) is 0 Å². The largest absolute Gasteiger partial charge is 0.331 e. The van der Waals surface area contributed by atoms with Crippen LogP contribution in [0.3, 0.4) is 0 Å². The molecule has 5 nitrogen and oxygen atoms in total. The summed E-state index contributed by atoms with van der Waals surface area (Å²) in [5.74, 6) is 0.132. The normalized spacial score (nSPS) is 21.8. The number of carbonyl (C=O) groups excluding carboxylic acids is 1. The Morgan fingerprint density at radius 2 is 2.29 bits per heavy atom. The highest BCUT2D eigenvalue weighted by Crippen LogP contribution is 2.56. The van der Waals surface area contributed by atoms with E-state index in [4.69, 9.17) is 0 Å². The molecule has 1 saturated carbocycles. The lowest BCUT2D eigenvalue weighted by atomic mass is 9.93. The van der Waals surface area contributed by atoms with Crippen molar-refractivity contribution in [3.05, 3.63) is 39.8 Å². The fraction of sp³-hybridized carbons (Fsp3) is 0.556. The molecule has 2 aromatic heterocycles. The van der Waals surface area contributed by atoms with Crippen LogP contribution in [0.2, 0.25) is 0 Å². The second-order valence-electron chi connectivity index (χ2n) is 7.16. The van der Waals surface area contributed by atoms with Gasteiger partial charge in [0.05, 0.1) is 11.8 Å². The summed E-state index contributed by atoms with van der Waals surface area (Å²) in [6, 6.07) is 2.49. The molecule has 1 atom stereocenters. The first-order chi connectivity index (χ1) is 11.6. The number of nitrogens with zero attached hydrogens (tertiary/aromatic N) is 3. The van der Waals surface area contributed by atoms with Crippen LogP contribution in [0.4, 0.5) is 0 Å². The first kappa shape index (κ1) is 15.8. The van der Waals surface area contributed by atoms with Crippen molar-refractivity contribution in [1.29, 1.82) is 0 Å².